The second-order valence-electron chi connectivity index (χ2n) is 2.07. The molecule has 3 N–H and O–H groups in total. The Morgan fingerprint density at radius 3 is 1.86 bits per heavy atom. The van der Waals surface area contributed by atoms with E-state index < -0.39 is 5.91 Å². The predicted octanol–water partition coefficient (Wildman–Crippen LogP) is 1.55. The lowest BCUT2D eigenvalue weighted by atomic mass is 10.3. The number of hydrogen-bond donors (Lipinski definition) is 2. The highest BCUT2D eigenvalue weighted by molar-refractivity contribution is 5.90. The third-order valence-electron chi connectivity index (χ3n) is 0.705. The molecule has 0 saturated heterocycles. The van der Waals surface area contributed by atoms with Gasteiger partial charge in [-0.15, -0.1) is 6.58 Å². The van der Waals surface area contributed by atoms with E-state index in [1.807, 2.05) is 0 Å². The Kier molecular flexibility index (Phi) is 22.9. The maximum atomic E-state index is 9.82. The summed E-state index contributed by atoms with van der Waals surface area (Å²) < 4.78 is 4.57. The predicted molar refractivity (Wildman–Crippen MR) is 58.9 cm³/mol. The number of aliphatic hydroxyl groups is 1. The summed E-state index contributed by atoms with van der Waals surface area (Å²) in [5.74, 6) is -0.435. The average molecular weight is 201 g/mol. The highest BCUT2D eigenvalue weighted by Gasteiger charge is 1.86. The van der Waals surface area contributed by atoms with E-state index in [0.717, 1.165) is 6.26 Å². The number of aliphatic hydroxyl groups excluding tert-OH is 1. The molecule has 0 aromatic carbocycles. The van der Waals surface area contributed by atoms with Crippen molar-refractivity contribution < 1.29 is 14.6 Å². The number of nitrogens with two attached hydrogens (primary N) is 1. The molecular weight excluding hydrogens is 182 g/mol. The van der Waals surface area contributed by atoms with Crippen LogP contribution in [0.25, 0.3) is 0 Å². The first kappa shape index (κ1) is 18.3. The fourth-order valence-corrected chi connectivity index (χ4v) is 0.118. The first-order valence-electron chi connectivity index (χ1n) is 3.78. The van der Waals surface area contributed by atoms with E-state index in [0.29, 0.717) is 12.2 Å². The summed E-state index contributed by atoms with van der Waals surface area (Å²) in [7, 11) is 1.64. The summed E-state index contributed by atoms with van der Waals surface area (Å²) in [6.07, 6.45) is 2.46. The zero-order valence-corrected chi connectivity index (χ0v) is 8.82. The molecule has 0 atom stereocenters. The van der Waals surface area contributed by atoms with Crippen LogP contribution >= 0.6 is 0 Å². The van der Waals surface area contributed by atoms with Gasteiger partial charge < -0.3 is 15.6 Å². The number of ether oxygens (including phenoxy) is 1. The monoisotopic (exact) mass is 201 g/mol. The molecule has 0 unspecified atom stereocenters. The first-order chi connectivity index (χ1) is 6.47. The van der Waals surface area contributed by atoms with Crippen molar-refractivity contribution in [2.45, 2.75) is 6.92 Å². The third kappa shape index (κ3) is 47.1. The van der Waals surface area contributed by atoms with Crippen molar-refractivity contribution in [2.24, 2.45) is 5.73 Å². The number of primary amides is 1. The summed E-state index contributed by atoms with van der Waals surface area (Å²) in [6.45, 7) is 11.8. The van der Waals surface area contributed by atoms with Gasteiger partial charge in [0.2, 0.25) is 5.91 Å². The van der Waals surface area contributed by atoms with Crippen LogP contribution in [0.4, 0.5) is 0 Å². The first-order valence-corrected chi connectivity index (χ1v) is 3.78. The summed E-state index contributed by atoms with van der Waals surface area (Å²) in [5.41, 5.74) is 5.09. The van der Waals surface area contributed by atoms with E-state index in [-0.39, 0.29) is 0 Å². The minimum atomic E-state index is -0.435. The standard InChI is InChI=1S/C4H7NO.C4H8O.C2H4O/c1-3(2)4(5)6;1-3-4-5-2;1-2-3/h1H2,2H3,(H2,5,6);3H,1,4H2,2H3;2-3H,1H2. The number of amides is 1. The molecule has 82 valence electrons. The molecule has 0 spiro atoms. The molecule has 0 heterocycles. The van der Waals surface area contributed by atoms with Crippen LogP contribution in [0.3, 0.4) is 0 Å². The molecular formula is C10H19NO3. The van der Waals surface area contributed by atoms with Gasteiger partial charge >= 0.3 is 0 Å². The summed E-state index contributed by atoms with van der Waals surface area (Å²) in [6, 6.07) is 0. The van der Waals surface area contributed by atoms with E-state index in [1.165, 1.54) is 0 Å². The van der Waals surface area contributed by atoms with Crippen molar-refractivity contribution in [3.8, 4) is 0 Å². The largest absolute Gasteiger partial charge is 0.516 e. The summed E-state index contributed by atoms with van der Waals surface area (Å²) in [5, 5.41) is 7.33. The van der Waals surface area contributed by atoms with Gasteiger partial charge in [0.1, 0.15) is 0 Å². The fraction of sp³-hybridized carbons (Fsp3) is 0.300. The molecule has 0 aromatic rings. The van der Waals surface area contributed by atoms with Gasteiger partial charge in [-0.3, -0.25) is 4.79 Å². The molecule has 0 aliphatic heterocycles. The molecule has 0 radical (unpaired) electrons. The Labute approximate surface area is 85.4 Å². The lowest BCUT2D eigenvalue weighted by Crippen LogP contribution is -2.10. The van der Waals surface area contributed by atoms with Crippen molar-refractivity contribution in [2.75, 3.05) is 13.7 Å². The maximum absolute atomic E-state index is 9.82. The Bertz CT molecular complexity index is 164. The molecule has 0 aliphatic rings. The van der Waals surface area contributed by atoms with Crippen LogP contribution in [0.15, 0.2) is 37.6 Å². The molecule has 14 heavy (non-hydrogen) atoms. The minimum Gasteiger partial charge on any atom is -0.516 e. The van der Waals surface area contributed by atoms with Crippen molar-refractivity contribution in [1.82, 2.24) is 0 Å². The topological polar surface area (TPSA) is 72.6 Å². The highest BCUT2D eigenvalue weighted by atomic mass is 16.5. The zero-order chi connectivity index (χ0) is 12.0. The smallest absolute Gasteiger partial charge is 0.243 e. The van der Waals surface area contributed by atoms with Crippen LogP contribution in [-0.4, -0.2) is 24.7 Å². The van der Waals surface area contributed by atoms with Crippen molar-refractivity contribution >= 4 is 5.91 Å². The summed E-state index contributed by atoms with van der Waals surface area (Å²) >= 11 is 0. The van der Waals surface area contributed by atoms with Gasteiger partial charge in [-0.1, -0.05) is 19.2 Å². The lowest BCUT2D eigenvalue weighted by molar-refractivity contribution is -0.114. The van der Waals surface area contributed by atoms with Gasteiger partial charge in [-0.05, 0) is 6.92 Å². The van der Waals surface area contributed by atoms with Crippen molar-refractivity contribution in [3.63, 3.8) is 0 Å². The molecule has 1 amide bonds. The molecule has 0 saturated carbocycles. The molecule has 0 rings (SSSR count). The van der Waals surface area contributed by atoms with E-state index in [4.69, 9.17) is 10.8 Å². The molecule has 0 bridgehead atoms. The Morgan fingerprint density at radius 1 is 1.57 bits per heavy atom. The minimum absolute atomic E-state index is 0.398. The van der Waals surface area contributed by atoms with Crippen LogP contribution in [0, 0.1) is 0 Å². The Balaban J connectivity index is -0.000000138. The van der Waals surface area contributed by atoms with Crippen LogP contribution in [-0.2, 0) is 9.53 Å². The Morgan fingerprint density at radius 2 is 1.86 bits per heavy atom. The average Bonchev–Trinajstić information content (AvgIpc) is 2.08. The van der Waals surface area contributed by atoms with Gasteiger partial charge in [0.25, 0.3) is 0 Å². The van der Waals surface area contributed by atoms with Gasteiger partial charge in [0, 0.05) is 12.7 Å². The second-order valence-corrected chi connectivity index (χ2v) is 2.07. The van der Waals surface area contributed by atoms with Crippen molar-refractivity contribution in [3.05, 3.63) is 37.6 Å². The maximum Gasteiger partial charge on any atom is 0.243 e. The second kappa shape index (κ2) is 17.5. The Hall–Kier alpha value is -1.55. The third-order valence-corrected chi connectivity index (χ3v) is 0.705. The van der Waals surface area contributed by atoms with Gasteiger partial charge in [-0.25, -0.2) is 0 Å². The molecule has 0 aromatic heterocycles. The van der Waals surface area contributed by atoms with Gasteiger partial charge in [-0.2, -0.15) is 0 Å². The normalized spacial score (nSPS) is 6.71. The van der Waals surface area contributed by atoms with Crippen LogP contribution < -0.4 is 5.73 Å². The van der Waals surface area contributed by atoms with Gasteiger partial charge in [0.05, 0.1) is 12.9 Å². The van der Waals surface area contributed by atoms with E-state index >= 15 is 0 Å². The molecule has 0 aliphatic carbocycles. The van der Waals surface area contributed by atoms with Crippen molar-refractivity contribution in [1.29, 1.82) is 0 Å². The fourth-order valence-electron chi connectivity index (χ4n) is 0.118. The van der Waals surface area contributed by atoms with E-state index in [2.05, 4.69) is 24.5 Å². The van der Waals surface area contributed by atoms with Crippen LogP contribution in [0.5, 0.6) is 0 Å². The van der Waals surface area contributed by atoms with E-state index in [9.17, 15) is 4.79 Å². The summed E-state index contributed by atoms with van der Waals surface area (Å²) in [4.78, 5) is 9.82. The number of carbonyl (C=O) groups is 1. The van der Waals surface area contributed by atoms with Crippen LogP contribution in [0.1, 0.15) is 6.92 Å². The van der Waals surface area contributed by atoms with E-state index in [1.54, 1.807) is 20.1 Å². The number of carbonyl (C=O) groups excluding carboxylic acids is 1. The molecule has 4 heteroatoms. The van der Waals surface area contributed by atoms with Crippen LogP contribution in [0.2, 0.25) is 0 Å². The molecule has 0 fully saturated rings. The number of rotatable bonds is 3. The lowest BCUT2D eigenvalue weighted by Gasteiger charge is -1.81. The quantitative estimate of drug-likeness (QED) is 0.413. The molecule has 4 nitrogen and oxygen atoms in total. The van der Waals surface area contributed by atoms with Gasteiger partial charge in [0.15, 0.2) is 0 Å². The zero-order valence-electron chi connectivity index (χ0n) is 8.82. The number of hydrogen-bond acceptors (Lipinski definition) is 3. The number of methoxy groups -OCH3 is 1. The highest BCUT2D eigenvalue weighted by Crippen LogP contribution is 1.78. The SMILES string of the molecule is C=C(C)C(N)=O.C=CCOC.C=CO.